The van der Waals surface area contributed by atoms with Crippen molar-refractivity contribution in [3.8, 4) is 0 Å². The van der Waals surface area contributed by atoms with Gasteiger partial charge in [-0.2, -0.15) is 0 Å². The quantitative estimate of drug-likeness (QED) is 0.733. The molecule has 0 aliphatic carbocycles. The van der Waals surface area contributed by atoms with E-state index in [1.54, 1.807) is 0 Å². The second-order valence-corrected chi connectivity index (χ2v) is 7.86. The smallest absolute Gasteiger partial charge is 0.0607 e. The van der Waals surface area contributed by atoms with Crippen LogP contribution in [0.1, 0.15) is 24.8 Å². The predicted octanol–water partition coefficient (Wildman–Crippen LogP) is 4.65. The third kappa shape index (κ3) is 4.16. The van der Waals surface area contributed by atoms with Crippen molar-refractivity contribution in [3.05, 3.63) is 59.1 Å². The first-order valence-corrected chi connectivity index (χ1v) is 10.2. The highest BCUT2D eigenvalue weighted by Gasteiger charge is 2.22. The first-order chi connectivity index (χ1) is 12.8. The molecular formula is C22H28ClN3. The number of hydrogen-bond donors (Lipinski definition) is 0. The molecule has 0 spiro atoms. The van der Waals surface area contributed by atoms with Crippen LogP contribution in [-0.2, 0) is 6.54 Å². The molecule has 2 heterocycles. The van der Waals surface area contributed by atoms with Crippen LogP contribution in [0.4, 0.5) is 11.4 Å². The van der Waals surface area contributed by atoms with E-state index in [0.717, 1.165) is 31.2 Å². The summed E-state index contributed by atoms with van der Waals surface area (Å²) in [5, 5.41) is 0.803. The number of nitrogens with zero attached hydrogens (tertiary/aromatic N) is 3. The molecule has 0 unspecified atom stereocenters. The van der Waals surface area contributed by atoms with E-state index in [4.69, 9.17) is 11.6 Å². The Balaban J connectivity index is 1.41. The normalized spacial score (nSPS) is 17.6. The Hall–Kier alpha value is -1.71. The lowest BCUT2D eigenvalue weighted by Gasteiger charge is -2.39. The minimum Gasteiger partial charge on any atom is -0.368 e. The van der Waals surface area contributed by atoms with Crippen molar-refractivity contribution < 1.29 is 0 Å². The molecular weight excluding hydrogens is 342 g/mol. The summed E-state index contributed by atoms with van der Waals surface area (Å²) in [5.41, 5.74) is 4.05. The van der Waals surface area contributed by atoms with E-state index in [2.05, 4.69) is 51.1 Å². The fraction of sp³-hybridized carbons (Fsp3) is 0.455. The van der Waals surface area contributed by atoms with Gasteiger partial charge in [-0.3, -0.25) is 0 Å². The highest BCUT2D eigenvalue weighted by molar-refractivity contribution is 6.30. The summed E-state index contributed by atoms with van der Waals surface area (Å²) in [6.45, 7) is 8.11. The van der Waals surface area contributed by atoms with Crippen LogP contribution in [0.2, 0.25) is 5.02 Å². The van der Waals surface area contributed by atoms with E-state index in [9.17, 15) is 0 Å². The lowest BCUT2D eigenvalue weighted by Crippen LogP contribution is -2.41. The number of likely N-dealkylation sites (tertiary alicyclic amines) is 1. The minimum atomic E-state index is 0.803. The van der Waals surface area contributed by atoms with Crippen LogP contribution in [0.3, 0.4) is 0 Å². The summed E-state index contributed by atoms with van der Waals surface area (Å²) in [6.07, 6.45) is 4.02. The molecule has 1 fully saturated rings. The summed E-state index contributed by atoms with van der Waals surface area (Å²) in [4.78, 5) is 7.68. The lowest BCUT2D eigenvalue weighted by molar-refractivity contribution is 0.334. The van der Waals surface area contributed by atoms with Crippen LogP contribution in [0.15, 0.2) is 48.5 Å². The Kier molecular flexibility index (Phi) is 5.66. The Morgan fingerprint density at radius 1 is 0.731 bits per heavy atom. The molecule has 2 aliphatic rings. The SMILES string of the molecule is Clc1ccc(CN2CCN(CCCN3CCCC3)c3ccccc32)cc1. The van der Waals surface area contributed by atoms with Gasteiger partial charge in [0.15, 0.2) is 0 Å². The third-order valence-electron chi connectivity index (χ3n) is 5.59. The Labute approximate surface area is 162 Å². The van der Waals surface area contributed by atoms with Gasteiger partial charge in [-0.1, -0.05) is 35.9 Å². The van der Waals surface area contributed by atoms with Crippen LogP contribution < -0.4 is 9.80 Å². The van der Waals surface area contributed by atoms with E-state index in [0.29, 0.717) is 0 Å². The van der Waals surface area contributed by atoms with Gasteiger partial charge in [-0.15, -0.1) is 0 Å². The molecule has 26 heavy (non-hydrogen) atoms. The largest absolute Gasteiger partial charge is 0.368 e. The molecule has 0 radical (unpaired) electrons. The van der Waals surface area contributed by atoms with Crippen LogP contribution >= 0.6 is 11.6 Å². The second kappa shape index (κ2) is 8.32. The molecule has 0 aromatic heterocycles. The zero-order valence-electron chi connectivity index (χ0n) is 15.4. The number of fused-ring (bicyclic) bond motifs is 1. The number of benzene rings is 2. The topological polar surface area (TPSA) is 9.72 Å². The van der Waals surface area contributed by atoms with E-state index in [-0.39, 0.29) is 0 Å². The number of hydrogen-bond acceptors (Lipinski definition) is 3. The predicted molar refractivity (Wildman–Crippen MR) is 111 cm³/mol. The zero-order chi connectivity index (χ0) is 17.8. The van der Waals surface area contributed by atoms with Gasteiger partial charge >= 0.3 is 0 Å². The van der Waals surface area contributed by atoms with Crippen molar-refractivity contribution in [1.29, 1.82) is 0 Å². The molecule has 2 aliphatic heterocycles. The van der Waals surface area contributed by atoms with Crippen molar-refractivity contribution in [2.75, 3.05) is 49.1 Å². The molecule has 0 amide bonds. The summed E-state index contributed by atoms with van der Waals surface area (Å²) in [6, 6.07) is 17.1. The van der Waals surface area contributed by atoms with E-state index < -0.39 is 0 Å². The van der Waals surface area contributed by atoms with Crippen molar-refractivity contribution in [2.45, 2.75) is 25.8 Å². The van der Waals surface area contributed by atoms with Gasteiger partial charge in [-0.25, -0.2) is 0 Å². The van der Waals surface area contributed by atoms with Gasteiger partial charge in [0.2, 0.25) is 0 Å². The molecule has 138 valence electrons. The Morgan fingerprint density at radius 3 is 2.12 bits per heavy atom. The fourth-order valence-electron chi connectivity index (χ4n) is 4.18. The van der Waals surface area contributed by atoms with Gasteiger partial charge in [0, 0.05) is 31.2 Å². The zero-order valence-corrected chi connectivity index (χ0v) is 16.2. The molecule has 1 saturated heterocycles. The highest BCUT2D eigenvalue weighted by Crippen LogP contribution is 2.33. The van der Waals surface area contributed by atoms with Gasteiger partial charge in [0.05, 0.1) is 11.4 Å². The van der Waals surface area contributed by atoms with E-state index >= 15 is 0 Å². The maximum absolute atomic E-state index is 6.03. The molecule has 0 atom stereocenters. The average Bonchev–Trinajstić information content (AvgIpc) is 3.19. The molecule has 0 bridgehead atoms. The molecule has 4 rings (SSSR count). The molecule has 4 heteroatoms. The van der Waals surface area contributed by atoms with E-state index in [1.807, 2.05) is 12.1 Å². The average molecular weight is 370 g/mol. The lowest BCUT2D eigenvalue weighted by atomic mass is 10.1. The maximum Gasteiger partial charge on any atom is 0.0607 e. The summed E-state index contributed by atoms with van der Waals surface area (Å²) in [7, 11) is 0. The van der Waals surface area contributed by atoms with Crippen LogP contribution in [0.5, 0.6) is 0 Å². The summed E-state index contributed by atoms with van der Waals surface area (Å²) in [5.74, 6) is 0. The number of halogens is 1. The van der Waals surface area contributed by atoms with Gasteiger partial charge in [0.1, 0.15) is 0 Å². The van der Waals surface area contributed by atoms with Crippen molar-refractivity contribution in [1.82, 2.24) is 4.90 Å². The minimum absolute atomic E-state index is 0.803. The molecule has 3 nitrogen and oxygen atoms in total. The first kappa shape index (κ1) is 17.7. The third-order valence-corrected chi connectivity index (χ3v) is 5.84. The first-order valence-electron chi connectivity index (χ1n) is 9.85. The van der Waals surface area contributed by atoms with Gasteiger partial charge in [0.25, 0.3) is 0 Å². The summed E-state index contributed by atoms with van der Waals surface area (Å²) < 4.78 is 0. The highest BCUT2D eigenvalue weighted by atomic mass is 35.5. The van der Waals surface area contributed by atoms with Crippen molar-refractivity contribution in [3.63, 3.8) is 0 Å². The standard InChI is InChI=1S/C22H28ClN3/c23-20-10-8-19(9-11-20)18-26-17-16-25(21-6-1-2-7-22(21)26)15-5-14-24-12-3-4-13-24/h1-2,6-11H,3-5,12-18H2. The van der Waals surface area contributed by atoms with E-state index in [1.165, 1.54) is 55.8 Å². The Morgan fingerprint density at radius 2 is 1.38 bits per heavy atom. The fourth-order valence-corrected chi connectivity index (χ4v) is 4.31. The number of para-hydroxylation sites is 2. The number of anilines is 2. The van der Waals surface area contributed by atoms with Crippen LogP contribution in [0, 0.1) is 0 Å². The second-order valence-electron chi connectivity index (χ2n) is 7.43. The molecule has 0 saturated carbocycles. The monoisotopic (exact) mass is 369 g/mol. The van der Waals surface area contributed by atoms with Gasteiger partial charge < -0.3 is 14.7 Å². The van der Waals surface area contributed by atoms with Gasteiger partial charge in [-0.05, 0) is 68.7 Å². The Bertz CT molecular complexity index is 710. The summed E-state index contributed by atoms with van der Waals surface area (Å²) >= 11 is 6.03. The van der Waals surface area contributed by atoms with Crippen LogP contribution in [-0.4, -0.2) is 44.2 Å². The van der Waals surface area contributed by atoms with Crippen molar-refractivity contribution in [2.24, 2.45) is 0 Å². The van der Waals surface area contributed by atoms with Crippen LogP contribution in [0.25, 0.3) is 0 Å². The van der Waals surface area contributed by atoms with Crippen molar-refractivity contribution >= 4 is 23.0 Å². The number of rotatable bonds is 6. The molecule has 2 aromatic rings. The molecule has 0 N–H and O–H groups in total. The molecule has 2 aromatic carbocycles. The maximum atomic E-state index is 6.03.